The number of hydrogen-bond acceptors (Lipinski definition) is 7. The third-order valence-electron chi connectivity index (χ3n) is 3.92. The standard InChI is InChI=1S/C18H20N4O3S/c1-3-4-5-13-6-8-14(9-7-13)22-18(19-20-21-22)26-12-16-15(10-11-25-16)17(23)24-2/h6-11H,3-5,12H2,1-2H3. The van der Waals surface area contributed by atoms with Gasteiger partial charge in [0, 0.05) is 0 Å². The number of aryl methyl sites for hydroxylation is 1. The van der Waals surface area contributed by atoms with Gasteiger partial charge in [-0.2, -0.15) is 4.68 Å². The van der Waals surface area contributed by atoms with Crippen LogP contribution < -0.4 is 0 Å². The minimum absolute atomic E-state index is 0.416. The average molecular weight is 372 g/mol. The van der Waals surface area contributed by atoms with Gasteiger partial charge in [-0.1, -0.05) is 37.2 Å². The Bertz CT molecular complexity index is 857. The number of tetrazole rings is 1. The number of ether oxygens (including phenoxy) is 1. The normalized spacial score (nSPS) is 10.8. The smallest absolute Gasteiger partial charge is 0.341 e. The Kier molecular flexibility index (Phi) is 6.06. The molecule has 0 radical (unpaired) electrons. The van der Waals surface area contributed by atoms with E-state index in [-0.39, 0.29) is 0 Å². The number of carbonyl (C=O) groups excluding carboxylic acids is 1. The van der Waals surface area contributed by atoms with Crippen molar-refractivity contribution in [3.8, 4) is 5.69 Å². The average Bonchev–Trinajstić information content (AvgIpc) is 3.33. The lowest BCUT2D eigenvalue weighted by atomic mass is 10.1. The fourth-order valence-corrected chi connectivity index (χ4v) is 3.33. The summed E-state index contributed by atoms with van der Waals surface area (Å²) in [7, 11) is 1.34. The van der Waals surface area contributed by atoms with Crippen molar-refractivity contribution in [2.45, 2.75) is 37.1 Å². The van der Waals surface area contributed by atoms with Gasteiger partial charge in [0.1, 0.15) is 11.3 Å². The molecule has 0 unspecified atom stereocenters. The van der Waals surface area contributed by atoms with Crippen molar-refractivity contribution in [1.29, 1.82) is 0 Å². The van der Waals surface area contributed by atoms with Gasteiger partial charge < -0.3 is 9.15 Å². The van der Waals surface area contributed by atoms with E-state index in [4.69, 9.17) is 9.15 Å². The summed E-state index contributed by atoms with van der Waals surface area (Å²) < 4.78 is 11.8. The summed E-state index contributed by atoms with van der Waals surface area (Å²) in [5.74, 6) is 0.537. The van der Waals surface area contributed by atoms with Crippen molar-refractivity contribution in [2.24, 2.45) is 0 Å². The topological polar surface area (TPSA) is 83.0 Å². The van der Waals surface area contributed by atoms with E-state index in [2.05, 4.69) is 34.6 Å². The summed E-state index contributed by atoms with van der Waals surface area (Å²) in [5, 5.41) is 12.5. The van der Waals surface area contributed by atoms with Crippen LogP contribution in [-0.2, 0) is 16.9 Å². The second-order valence-electron chi connectivity index (χ2n) is 5.68. The van der Waals surface area contributed by atoms with E-state index in [1.807, 2.05) is 12.1 Å². The van der Waals surface area contributed by atoms with Crippen LogP contribution in [0.4, 0.5) is 0 Å². The first-order valence-corrected chi connectivity index (χ1v) is 9.36. The molecule has 0 spiro atoms. The number of carbonyl (C=O) groups is 1. The van der Waals surface area contributed by atoms with Gasteiger partial charge in [-0.25, -0.2) is 4.79 Å². The van der Waals surface area contributed by atoms with Crippen LogP contribution in [0, 0.1) is 0 Å². The van der Waals surface area contributed by atoms with Crippen LogP contribution in [0.2, 0.25) is 0 Å². The van der Waals surface area contributed by atoms with Crippen molar-refractivity contribution in [3.63, 3.8) is 0 Å². The monoisotopic (exact) mass is 372 g/mol. The molecule has 3 rings (SSSR count). The lowest BCUT2D eigenvalue weighted by Gasteiger charge is -2.06. The summed E-state index contributed by atoms with van der Waals surface area (Å²) in [5.41, 5.74) is 2.61. The van der Waals surface area contributed by atoms with Crippen LogP contribution in [0.1, 0.15) is 41.4 Å². The molecule has 3 aromatic rings. The van der Waals surface area contributed by atoms with Crippen LogP contribution in [0.15, 0.2) is 46.2 Å². The third-order valence-corrected chi connectivity index (χ3v) is 4.84. The van der Waals surface area contributed by atoms with Gasteiger partial charge in [0.15, 0.2) is 0 Å². The minimum atomic E-state index is -0.420. The van der Waals surface area contributed by atoms with Crippen LogP contribution in [0.5, 0.6) is 0 Å². The van der Waals surface area contributed by atoms with Crippen molar-refractivity contribution < 1.29 is 13.9 Å². The van der Waals surface area contributed by atoms with E-state index in [9.17, 15) is 4.79 Å². The zero-order valence-corrected chi connectivity index (χ0v) is 15.5. The Morgan fingerprint density at radius 2 is 2.08 bits per heavy atom. The summed E-state index contributed by atoms with van der Waals surface area (Å²) >= 11 is 1.39. The van der Waals surface area contributed by atoms with Crippen molar-refractivity contribution in [2.75, 3.05) is 7.11 Å². The molecule has 0 fully saturated rings. The first kappa shape index (κ1) is 18.2. The molecule has 0 aliphatic heterocycles. The maximum atomic E-state index is 11.7. The van der Waals surface area contributed by atoms with Gasteiger partial charge in [-0.15, -0.1) is 5.10 Å². The number of aromatic nitrogens is 4. The SMILES string of the molecule is CCCCc1ccc(-n2nnnc2SCc2occc2C(=O)OC)cc1. The van der Waals surface area contributed by atoms with E-state index < -0.39 is 5.97 Å². The molecule has 0 bridgehead atoms. The zero-order chi connectivity index (χ0) is 18.4. The molecule has 0 saturated carbocycles. The predicted octanol–water partition coefficient (Wildman–Crippen LogP) is 3.68. The molecular formula is C18H20N4O3S. The van der Waals surface area contributed by atoms with E-state index in [0.29, 0.717) is 22.2 Å². The number of furan rings is 1. The van der Waals surface area contributed by atoms with Crippen molar-refractivity contribution in [3.05, 3.63) is 53.5 Å². The Hall–Kier alpha value is -2.61. The van der Waals surface area contributed by atoms with Gasteiger partial charge >= 0.3 is 5.97 Å². The van der Waals surface area contributed by atoms with Gasteiger partial charge in [0.25, 0.3) is 0 Å². The van der Waals surface area contributed by atoms with E-state index in [1.165, 1.54) is 43.5 Å². The number of thioether (sulfide) groups is 1. The number of esters is 1. The molecule has 7 nitrogen and oxygen atoms in total. The molecule has 136 valence electrons. The van der Waals surface area contributed by atoms with Crippen LogP contribution in [0.25, 0.3) is 5.69 Å². The molecular weight excluding hydrogens is 352 g/mol. The highest BCUT2D eigenvalue weighted by atomic mass is 32.2. The van der Waals surface area contributed by atoms with Gasteiger partial charge in [0.05, 0.1) is 24.8 Å². The molecule has 0 aliphatic carbocycles. The van der Waals surface area contributed by atoms with Crippen LogP contribution in [0.3, 0.4) is 0 Å². The van der Waals surface area contributed by atoms with Gasteiger partial charge in [-0.3, -0.25) is 0 Å². The number of benzene rings is 1. The van der Waals surface area contributed by atoms with E-state index in [0.717, 1.165) is 12.1 Å². The molecule has 0 saturated heterocycles. The van der Waals surface area contributed by atoms with Gasteiger partial charge in [-0.05, 0) is 47.0 Å². The lowest BCUT2D eigenvalue weighted by molar-refractivity contribution is 0.0598. The van der Waals surface area contributed by atoms with E-state index in [1.54, 1.807) is 10.7 Å². The highest BCUT2D eigenvalue weighted by Gasteiger charge is 2.17. The first-order chi connectivity index (χ1) is 12.7. The minimum Gasteiger partial charge on any atom is -0.468 e. The quantitative estimate of drug-likeness (QED) is 0.440. The predicted molar refractivity (Wildman–Crippen MR) is 97.4 cm³/mol. The first-order valence-electron chi connectivity index (χ1n) is 8.38. The third kappa shape index (κ3) is 4.13. The number of nitrogens with zero attached hydrogens (tertiary/aromatic N) is 4. The zero-order valence-electron chi connectivity index (χ0n) is 14.7. The molecule has 1 aromatic carbocycles. The summed E-state index contributed by atoms with van der Waals surface area (Å²) in [6.45, 7) is 2.18. The highest BCUT2D eigenvalue weighted by molar-refractivity contribution is 7.98. The van der Waals surface area contributed by atoms with Crippen molar-refractivity contribution in [1.82, 2.24) is 20.2 Å². The number of unbranched alkanes of at least 4 members (excludes halogenated alkanes) is 1. The molecule has 0 amide bonds. The highest BCUT2D eigenvalue weighted by Crippen LogP contribution is 2.25. The summed E-state index contributed by atoms with van der Waals surface area (Å²) in [6, 6.07) is 9.82. The van der Waals surface area contributed by atoms with Gasteiger partial charge in [0.2, 0.25) is 5.16 Å². The Morgan fingerprint density at radius 3 is 2.81 bits per heavy atom. The van der Waals surface area contributed by atoms with Crippen molar-refractivity contribution >= 4 is 17.7 Å². The molecule has 2 heterocycles. The molecule has 0 atom stereocenters. The molecule has 2 aromatic heterocycles. The number of rotatable bonds is 8. The van der Waals surface area contributed by atoms with Crippen LogP contribution in [-0.4, -0.2) is 33.3 Å². The Morgan fingerprint density at radius 1 is 1.27 bits per heavy atom. The summed E-state index contributed by atoms with van der Waals surface area (Å²) in [4.78, 5) is 11.7. The molecule has 26 heavy (non-hydrogen) atoms. The molecule has 8 heteroatoms. The fourth-order valence-electron chi connectivity index (χ4n) is 2.49. The largest absolute Gasteiger partial charge is 0.468 e. The summed E-state index contributed by atoms with van der Waals surface area (Å²) in [6.07, 6.45) is 4.90. The number of methoxy groups -OCH3 is 1. The maximum absolute atomic E-state index is 11.7. The van der Waals surface area contributed by atoms with Crippen LogP contribution >= 0.6 is 11.8 Å². The molecule has 0 aliphatic rings. The number of hydrogen-bond donors (Lipinski definition) is 0. The Labute approximate surface area is 155 Å². The second kappa shape index (κ2) is 8.66. The van der Waals surface area contributed by atoms with E-state index >= 15 is 0 Å². The molecule has 0 N–H and O–H groups in total. The lowest BCUT2D eigenvalue weighted by Crippen LogP contribution is -2.03. The Balaban J connectivity index is 1.71. The fraction of sp³-hybridized carbons (Fsp3) is 0.333. The maximum Gasteiger partial charge on any atom is 0.341 e. The second-order valence-corrected chi connectivity index (χ2v) is 6.62.